The number of rotatable bonds is 24. The van der Waals surface area contributed by atoms with E-state index in [1.807, 2.05) is 0 Å². The van der Waals surface area contributed by atoms with Gasteiger partial charge in [0.15, 0.2) is 0 Å². The Kier molecular flexibility index (Phi) is 28.4. The van der Waals surface area contributed by atoms with Crippen LogP contribution in [0, 0.1) is 12.3 Å². The molecule has 0 spiro atoms. The summed E-state index contributed by atoms with van der Waals surface area (Å²) in [6.07, 6.45) is 33.8. The number of quaternary nitrogens is 1. The lowest BCUT2D eigenvalue weighted by Gasteiger charge is -2.42. The van der Waals surface area contributed by atoms with E-state index in [2.05, 4.69) is 49.3 Å². The number of nitrogens with zero attached hydrogens (tertiary/aromatic N) is 1. The number of hydrogen-bond donors (Lipinski definition) is 0. The Labute approximate surface area is 223 Å². The molecule has 0 aliphatic heterocycles. The Morgan fingerprint density at radius 2 is 0.938 bits per heavy atom. The molecule has 0 heterocycles. The largest absolute Gasteiger partial charge is 1.00 e. The quantitative estimate of drug-likeness (QED) is 0.0286. The summed E-state index contributed by atoms with van der Waals surface area (Å²) in [6, 6.07) is 0. The first kappa shape index (κ1) is 34.7. The van der Waals surface area contributed by atoms with Crippen molar-refractivity contribution in [3.05, 3.63) is 0 Å². The Balaban J connectivity index is 0. The van der Waals surface area contributed by atoms with Crippen LogP contribution < -0.4 is 12.4 Å². The maximum Gasteiger partial charge on any atom is 0.141 e. The molecule has 0 saturated heterocycles. The van der Waals surface area contributed by atoms with Gasteiger partial charge in [-0.1, -0.05) is 111 Å². The van der Waals surface area contributed by atoms with Gasteiger partial charge < -0.3 is 16.9 Å². The Morgan fingerprint density at radius 1 is 0.594 bits per heavy atom. The van der Waals surface area contributed by atoms with E-state index in [-0.39, 0.29) is 12.4 Å². The predicted molar refractivity (Wildman–Crippen MR) is 151 cm³/mol. The highest BCUT2D eigenvalue weighted by atomic mass is 127. The van der Waals surface area contributed by atoms with Crippen LogP contribution >= 0.6 is 22.6 Å². The van der Waals surface area contributed by atoms with Crippen molar-refractivity contribution in [3.63, 3.8) is 0 Å². The fraction of sp³-hybridized carbons (Fsp3) is 0.931. The summed E-state index contributed by atoms with van der Waals surface area (Å²) in [5.74, 6) is 3.10. The topological polar surface area (TPSA) is 0 Å². The molecule has 0 aliphatic carbocycles. The Morgan fingerprint density at radius 3 is 1.31 bits per heavy atom. The minimum atomic E-state index is 0. The Bertz CT molecular complexity index is 392. The normalized spacial score (nSPS) is 12.3. The molecule has 0 fully saturated rings. The summed E-state index contributed by atoms with van der Waals surface area (Å²) in [5.41, 5.74) is 0. The lowest BCUT2D eigenvalue weighted by Crippen LogP contribution is -3.00. The molecule has 0 aromatic heterocycles. The van der Waals surface area contributed by atoms with Gasteiger partial charge in [0.1, 0.15) is 10.6 Å². The molecular weight excluding hydrogens is 525 g/mol. The van der Waals surface area contributed by atoms with Crippen LogP contribution in [0.4, 0.5) is 0 Å². The number of halogens is 2. The molecule has 0 rings (SSSR count). The van der Waals surface area contributed by atoms with Gasteiger partial charge in [0.05, 0.1) is 13.1 Å². The molecular formula is C29H57ClIN. The summed E-state index contributed by atoms with van der Waals surface area (Å²) in [7, 11) is 0. The minimum absolute atomic E-state index is 0. The first-order valence-electron chi connectivity index (χ1n) is 14.1. The van der Waals surface area contributed by atoms with Crippen LogP contribution in [0.2, 0.25) is 0 Å². The van der Waals surface area contributed by atoms with Crippen molar-refractivity contribution >= 4 is 22.6 Å². The highest BCUT2D eigenvalue weighted by Crippen LogP contribution is 2.28. The van der Waals surface area contributed by atoms with Crippen molar-refractivity contribution in [1.29, 1.82) is 0 Å². The van der Waals surface area contributed by atoms with Gasteiger partial charge in [-0.25, -0.2) is 0 Å². The number of alkyl halides is 1. The van der Waals surface area contributed by atoms with Gasteiger partial charge in [-0.15, -0.1) is 6.42 Å². The molecule has 0 aromatic rings. The van der Waals surface area contributed by atoms with E-state index in [1.54, 1.807) is 0 Å². The van der Waals surface area contributed by atoms with Crippen molar-refractivity contribution in [3.8, 4) is 12.3 Å². The molecule has 3 heteroatoms. The molecule has 0 aliphatic rings. The zero-order valence-electron chi connectivity index (χ0n) is 22.1. The van der Waals surface area contributed by atoms with Gasteiger partial charge in [0, 0.05) is 6.42 Å². The van der Waals surface area contributed by atoms with Crippen molar-refractivity contribution in [1.82, 2.24) is 0 Å². The minimum Gasteiger partial charge on any atom is -1.00 e. The summed E-state index contributed by atoms with van der Waals surface area (Å²) >= 11 is 2.78. The van der Waals surface area contributed by atoms with Gasteiger partial charge in [-0.3, -0.25) is 0 Å². The highest BCUT2D eigenvalue weighted by Gasteiger charge is 2.33. The SMILES string of the molecule is C#CC[N+](CCCCCCC)(CCCCCCC)C(I)CCCCCCCCCCC.[Cl-]. The fourth-order valence-corrected chi connectivity index (χ4v) is 5.98. The summed E-state index contributed by atoms with van der Waals surface area (Å²) in [4.78, 5) is 0. The van der Waals surface area contributed by atoms with E-state index in [0.717, 1.165) is 6.54 Å². The van der Waals surface area contributed by atoms with E-state index < -0.39 is 0 Å². The molecule has 0 saturated carbocycles. The lowest BCUT2D eigenvalue weighted by molar-refractivity contribution is -0.928. The smallest absolute Gasteiger partial charge is 0.141 e. The molecule has 0 aromatic carbocycles. The summed E-state index contributed by atoms with van der Waals surface area (Å²) in [5, 5.41) is 0. The van der Waals surface area contributed by atoms with Gasteiger partial charge in [0.25, 0.3) is 0 Å². The van der Waals surface area contributed by atoms with E-state index in [9.17, 15) is 0 Å². The molecule has 1 nitrogen and oxygen atoms in total. The van der Waals surface area contributed by atoms with E-state index in [4.69, 9.17) is 6.42 Å². The standard InChI is InChI=1S/C29H57IN.ClH/c1-5-9-12-15-16-17-18-19-22-25-29(30)31(26-8-4,27-23-20-13-10-6-2)28-24-21-14-11-7-3;/h4,29H,5-7,9-28H2,1-3H3;1H/q+1;/p-1. The van der Waals surface area contributed by atoms with Crippen LogP contribution in [-0.4, -0.2) is 28.2 Å². The molecule has 0 N–H and O–H groups in total. The average molecular weight is 582 g/mol. The molecule has 1 unspecified atom stereocenters. The summed E-state index contributed by atoms with van der Waals surface area (Å²) < 4.78 is 1.88. The molecule has 32 heavy (non-hydrogen) atoms. The maximum atomic E-state index is 5.93. The molecule has 0 radical (unpaired) electrons. The number of hydrogen-bond acceptors (Lipinski definition) is 0. The average Bonchev–Trinajstić information content (AvgIpc) is 2.77. The van der Waals surface area contributed by atoms with Crippen molar-refractivity contribution < 1.29 is 16.9 Å². The number of terminal acetylenes is 1. The molecule has 192 valence electrons. The zero-order valence-corrected chi connectivity index (χ0v) is 25.0. The van der Waals surface area contributed by atoms with Gasteiger partial charge in [0.2, 0.25) is 0 Å². The van der Waals surface area contributed by atoms with Gasteiger partial charge in [-0.05, 0) is 60.6 Å². The van der Waals surface area contributed by atoms with Gasteiger partial charge in [-0.2, -0.15) is 0 Å². The van der Waals surface area contributed by atoms with Crippen molar-refractivity contribution in [2.24, 2.45) is 0 Å². The third-order valence-electron chi connectivity index (χ3n) is 6.96. The zero-order chi connectivity index (χ0) is 23.0. The van der Waals surface area contributed by atoms with Crippen molar-refractivity contribution in [2.75, 3.05) is 19.6 Å². The first-order valence-corrected chi connectivity index (χ1v) is 15.3. The van der Waals surface area contributed by atoms with Crippen LogP contribution in [0.15, 0.2) is 0 Å². The van der Waals surface area contributed by atoms with Crippen LogP contribution in [0.1, 0.15) is 149 Å². The second-order valence-corrected chi connectivity index (χ2v) is 11.3. The number of unbranched alkanes of at least 4 members (excludes halogenated alkanes) is 16. The predicted octanol–water partition coefficient (Wildman–Crippen LogP) is 7.06. The van der Waals surface area contributed by atoms with Crippen molar-refractivity contribution in [2.45, 2.75) is 153 Å². The van der Waals surface area contributed by atoms with Crippen LogP contribution in [0.5, 0.6) is 0 Å². The highest BCUT2D eigenvalue weighted by molar-refractivity contribution is 14.1. The lowest BCUT2D eigenvalue weighted by atomic mass is 10.1. The van der Waals surface area contributed by atoms with E-state index in [0.29, 0.717) is 4.05 Å². The third-order valence-corrected chi connectivity index (χ3v) is 8.76. The molecule has 1 atom stereocenters. The molecule has 0 amide bonds. The fourth-order valence-electron chi connectivity index (χ4n) is 4.79. The molecule has 0 bridgehead atoms. The second-order valence-electron chi connectivity index (χ2n) is 9.91. The van der Waals surface area contributed by atoms with Crippen LogP contribution in [0.3, 0.4) is 0 Å². The Hall–Kier alpha value is 0.540. The van der Waals surface area contributed by atoms with Crippen LogP contribution in [0.25, 0.3) is 0 Å². The monoisotopic (exact) mass is 581 g/mol. The maximum absolute atomic E-state index is 5.93. The van der Waals surface area contributed by atoms with E-state index in [1.165, 1.54) is 146 Å². The first-order chi connectivity index (χ1) is 15.2. The second kappa shape index (κ2) is 26.2. The summed E-state index contributed by atoms with van der Waals surface area (Å²) in [6.45, 7) is 10.4. The van der Waals surface area contributed by atoms with E-state index >= 15 is 0 Å². The van der Waals surface area contributed by atoms with Gasteiger partial charge >= 0.3 is 0 Å². The van der Waals surface area contributed by atoms with Crippen LogP contribution in [-0.2, 0) is 0 Å². The third kappa shape index (κ3) is 18.9.